The predicted octanol–water partition coefficient (Wildman–Crippen LogP) is 7.14. The fourth-order valence-corrected chi connectivity index (χ4v) is 7.12. The molecule has 1 heterocycles. The van der Waals surface area contributed by atoms with Crippen molar-refractivity contribution in [3.63, 3.8) is 0 Å². The minimum Gasteiger partial charge on any atom is -0.378 e. The summed E-state index contributed by atoms with van der Waals surface area (Å²) in [4.78, 5) is 0. The van der Waals surface area contributed by atoms with E-state index < -0.39 is 12.3 Å². The van der Waals surface area contributed by atoms with Gasteiger partial charge < -0.3 is 4.74 Å². The van der Waals surface area contributed by atoms with Crippen LogP contribution in [0.1, 0.15) is 90.9 Å². The zero-order chi connectivity index (χ0) is 19.7. The molecule has 1 aliphatic heterocycles. The summed E-state index contributed by atoms with van der Waals surface area (Å²) >= 11 is 0. The van der Waals surface area contributed by atoms with Gasteiger partial charge in [-0.25, -0.2) is 8.78 Å². The molecule has 0 bridgehead atoms. The molecule has 28 heavy (non-hydrogen) atoms. The highest BCUT2D eigenvalue weighted by molar-refractivity contribution is 4.93. The number of hydrogen-bond donors (Lipinski definition) is 0. The molecule has 3 heteroatoms. The molecular formula is C25H42F2O. The highest BCUT2D eigenvalue weighted by Crippen LogP contribution is 2.48. The van der Waals surface area contributed by atoms with Crippen LogP contribution >= 0.6 is 0 Å². The fraction of sp³-hybridized carbons (Fsp3) is 1.00. The van der Waals surface area contributed by atoms with Crippen LogP contribution in [0.2, 0.25) is 0 Å². The summed E-state index contributed by atoms with van der Waals surface area (Å²) in [5.41, 5.74) is 0. The first-order chi connectivity index (χ1) is 13.5. The van der Waals surface area contributed by atoms with E-state index in [0.717, 1.165) is 44.6 Å². The average molecular weight is 397 g/mol. The molecule has 1 saturated heterocycles. The topological polar surface area (TPSA) is 9.23 Å². The Morgan fingerprint density at radius 2 is 1.11 bits per heavy atom. The molecule has 0 spiro atoms. The molecule has 4 aliphatic rings. The third-order valence-corrected chi connectivity index (χ3v) is 9.06. The van der Waals surface area contributed by atoms with Gasteiger partial charge in [-0.15, -0.1) is 0 Å². The van der Waals surface area contributed by atoms with E-state index in [1.54, 1.807) is 0 Å². The zero-order valence-electron chi connectivity index (χ0n) is 18.1. The lowest BCUT2D eigenvalue weighted by molar-refractivity contribution is -0.0724. The molecule has 1 nitrogen and oxygen atoms in total. The molecule has 0 aromatic rings. The first kappa shape index (κ1) is 21.1. The van der Waals surface area contributed by atoms with E-state index in [4.69, 9.17) is 4.74 Å². The van der Waals surface area contributed by atoms with Crippen LogP contribution in [0.4, 0.5) is 8.78 Å². The van der Waals surface area contributed by atoms with Gasteiger partial charge in [-0.3, -0.25) is 0 Å². The Morgan fingerprint density at radius 3 is 1.71 bits per heavy atom. The van der Waals surface area contributed by atoms with Gasteiger partial charge >= 0.3 is 0 Å². The summed E-state index contributed by atoms with van der Waals surface area (Å²) < 4.78 is 36.3. The van der Waals surface area contributed by atoms with Gasteiger partial charge in [0.15, 0.2) is 0 Å². The van der Waals surface area contributed by atoms with Crippen LogP contribution < -0.4 is 0 Å². The van der Waals surface area contributed by atoms with Crippen LogP contribution in [0.25, 0.3) is 0 Å². The summed E-state index contributed by atoms with van der Waals surface area (Å²) in [7, 11) is 0. The zero-order valence-corrected chi connectivity index (χ0v) is 18.1. The molecule has 0 aromatic heterocycles. The molecule has 8 atom stereocenters. The number of ether oxygens (including phenoxy) is 1. The summed E-state index contributed by atoms with van der Waals surface area (Å²) in [5.74, 6) is 3.09. The van der Waals surface area contributed by atoms with Crippen molar-refractivity contribution in [1.29, 1.82) is 0 Å². The van der Waals surface area contributed by atoms with Crippen LogP contribution in [0, 0.1) is 41.4 Å². The minimum atomic E-state index is -0.744. The predicted molar refractivity (Wildman–Crippen MR) is 111 cm³/mol. The summed E-state index contributed by atoms with van der Waals surface area (Å²) in [6.07, 6.45) is 11.5. The molecule has 3 aliphatic carbocycles. The van der Waals surface area contributed by atoms with Gasteiger partial charge in [0.2, 0.25) is 0 Å². The van der Waals surface area contributed by atoms with Gasteiger partial charge in [0.05, 0.1) is 6.10 Å². The van der Waals surface area contributed by atoms with Gasteiger partial charge in [-0.2, -0.15) is 0 Å². The van der Waals surface area contributed by atoms with E-state index in [2.05, 4.69) is 13.8 Å². The van der Waals surface area contributed by atoms with Crippen molar-refractivity contribution in [3.8, 4) is 0 Å². The SMILES string of the molecule is CC1CCC(C2CCC(C3CCC(C4CCC(C)CO4)CC3F)CC2F)CC1. The lowest BCUT2D eigenvalue weighted by atomic mass is 9.63. The van der Waals surface area contributed by atoms with E-state index in [9.17, 15) is 0 Å². The second kappa shape index (κ2) is 9.31. The Balaban J connectivity index is 1.26. The van der Waals surface area contributed by atoms with Gasteiger partial charge in [-0.1, -0.05) is 26.7 Å². The first-order valence-electron chi connectivity index (χ1n) is 12.4. The van der Waals surface area contributed by atoms with Crippen molar-refractivity contribution >= 4 is 0 Å². The molecule has 0 N–H and O–H groups in total. The molecule has 0 amide bonds. The second-order valence-corrected chi connectivity index (χ2v) is 11.1. The van der Waals surface area contributed by atoms with Crippen molar-refractivity contribution in [2.75, 3.05) is 6.61 Å². The molecule has 0 aromatic carbocycles. The summed E-state index contributed by atoms with van der Waals surface area (Å²) in [6, 6.07) is 0. The third kappa shape index (κ3) is 4.76. The van der Waals surface area contributed by atoms with E-state index in [1.807, 2.05) is 0 Å². The number of rotatable bonds is 3. The van der Waals surface area contributed by atoms with Crippen LogP contribution in [0.5, 0.6) is 0 Å². The third-order valence-electron chi connectivity index (χ3n) is 9.06. The van der Waals surface area contributed by atoms with Gasteiger partial charge in [0, 0.05) is 6.61 Å². The normalized spacial score (nSPS) is 51.0. The molecule has 162 valence electrons. The van der Waals surface area contributed by atoms with Crippen molar-refractivity contribution < 1.29 is 13.5 Å². The van der Waals surface area contributed by atoms with E-state index in [1.165, 1.54) is 32.1 Å². The highest BCUT2D eigenvalue weighted by Gasteiger charge is 2.44. The Morgan fingerprint density at radius 1 is 0.571 bits per heavy atom. The highest BCUT2D eigenvalue weighted by atomic mass is 19.1. The van der Waals surface area contributed by atoms with Crippen molar-refractivity contribution in [1.82, 2.24) is 0 Å². The maximum Gasteiger partial charge on any atom is 0.104 e. The van der Waals surface area contributed by atoms with E-state index in [0.29, 0.717) is 30.6 Å². The van der Waals surface area contributed by atoms with Gasteiger partial charge in [-0.05, 0) is 106 Å². The first-order valence-corrected chi connectivity index (χ1v) is 12.4. The monoisotopic (exact) mass is 396 g/mol. The lowest BCUT2D eigenvalue weighted by Crippen LogP contribution is -2.42. The second-order valence-electron chi connectivity index (χ2n) is 11.1. The number of alkyl halides is 2. The van der Waals surface area contributed by atoms with Crippen molar-refractivity contribution in [2.45, 2.75) is 109 Å². The van der Waals surface area contributed by atoms with Gasteiger partial charge in [0.25, 0.3) is 0 Å². The van der Waals surface area contributed by atoms with E-state index in [-0.39, 0.29) is 23.9 Å². The van der Waals surface area contributed by atoms with Crippen molar-refractivity contribution in [3.05, 3.63) is 0 Å². The average Bonchev–Trinajstić information content (AvgIpc) is 2.69. The van der Waals surface area contributed by atoms with Crippen LogP contribution in [-0.4, -0.2) is 25.1 Å². The molecular weight excluding hydrogens is 354 g/mol. The Bertz CT molecular complexity index is 481. The summed E-state index contributed by atoms with van der Waals surface area (Å²) in [5, 5.41) is 0. The fourth-order valence-electron chi connectivity index (χ4n) is 7.12. The Kier molecular flexibility index (Phi) is 7.01. The minimum absolute atomic E-state index is 0.101. The lowest BCUT2D eigenvalue weighted by Gasteiger charge is -2.45. The Labute approximate surface area is 171 Å². The molecule has 8 unspecified atom stereocenters. The molecule has 4 fully saturated rings. The largest absolute Gasteiger partial charge is 0.378 e. The maximum atomic E-state index is 15.2. The van der Waals surface area contributed by atoms with Gasteiger partial charge in [0.1, 0.15) is 12.3 Å². The van der Waals surface area contributed by atoms with Crippen molar-refractivity contribution in [2.24, 2.45) is 41.4 Å². The molecule has 3 saturated carbocycles. The van der Waals surface area contributed by atoms with E-state index >= 15 is 8.78 Å². The molecule has 4 rings (SSSR count). The number of halogens is 2. The molecule has 0 radical (unpaired) electrons. The Hall–Kier alpha value is -0.180. The van der Waals surface area contributed by atoms with Crippen LogP contribution in [0.15, 0.2) is 0 Å². The maximum absolute atomic E-state index is 15.2. The quantitative estimate of drug-likeness (QED) is 0.493. The summed E-state index contributed by atoms with van der Waals surface area (Å²) in [6.45, 7) is 5.41. The number of hydrogen-bond acceptors (Lipinski definition) is 1. The van der Waals surface area contributed by atoms with Crippen LogP contribution in [0.3, 0.4) is 0 Å². The van der Waals surface area contributed by atoms with Crippen LogP contribution in [-0.2, 0) is 4.74 Å². The smallest absolute Gasteiger partial charge is 0.104 e. The standard InChI is InChI=1S/C25H42F2O/c1-16-3-6-18(7-4-16)21-10-8-19(13-23(21)26)22-11-9-20(14-24(22)27)25-12-5-17(2)15-28-25/h16-25H,3-15H2,1-2H3.